The molecule has 0 aliphatic rings. The minimum Gasteiger partial charge on any atom is -0.303 e. The predicted octanol–water partition coefficient (Wildman–Crippen LogP) is 5.11. The van der Waals surface area contributed by atoms with Crippen molar-refractivity contribution in [1.29, 1.82) is 0 Å². The van der Waals surface area contributed by atoms with Crippen LogP contribution in [0.25, 0.3) is 0 Å². The van der Waals surface area contributed by atoms with Gasteiger partial charge in [0.25, 0.3) is 0 Å². The summed E-state index contributed by atoms with van der Waals surface area (Å²) in [7, 11) is 0. The Morgan fingerprint density at radius 1 is 1.11 bits per heavy atom. The molecule has 1 N–H and O–H groups in total. The highest BCUT2D eigenvalue weighted by molar-refractivity contribution is 7.10. The first-order valence-corrected chi connectivity index (χ1v) is 8.00. The first-order valence-electron chi connectivity index (χ1n) is 7.12. The van der Waals surface area contributed by atoms with E-state index in [1.807, 2.05) is 11.3 Å². The maximum Gasteiger partial charge on any atom is 0.0391 e. The molecule has 19 heavy (non-hydrogen) atoms. The normalized spacial score (nSPS) is 14.3. The van der Waals surface area contributed by atoms with Gasteiger partial charge in [-0.25, -0.2) is 0 Å². The third-order valence-electron chi connectivity index (χ3n) is 3.62. The molecule has 0 amide bonds. The Kier molecular flexibility index (Phi) is 5.17. The molecule has 1 aromatic heterocycles. The van der Waals surface area contributed by atoms with Crippen LogP contribution < -0.4 is 5.32 Å². The second-order valence-corrected chi connectivity index (χ2v) is 5.94. The molecular weight excluding hydrogens is 250 g/mol. The summed E-state index contributed by atoms with van der Waals surface area (Å²) in [5.74, 6) is 0. The fraction of sp³-hybridized carbons (Fsp3) is 0.412. The number of hydrogen-bond donors (Lipinski definition) is 1. The van der Waals surface area contributed by atoms with Crippen molar-refractivity contribution in [3.63, 3.8) is 0 Å². The van der Waals surface area contributed by atoms with E-state index in [0.717, 1.165) is 12.8 Å². The van der Waals surface area contributed by atoms with Crippen LogP contribution in [0.4, 0.5) is 0 Å². The average Bonchev–Trinajstić information content (AvgIpc) is 2.99. The molecule has 0 aliphatic heterocycles. The highest BCUT2D eigenvalue weighted by atomic mass is 32.1. The second-order valence-electron chi connectivity index (χ2n) is 4.96. The minimum atomic E-state index is 0.413. The Morgan fingerprint density at radius 3 is 2.37 bits per heavy atom. The first kappa shape index (κ1) is 14.3. The largest absolute Gasteiger partial charge is 0.303 e. The number of hydrogen-bond acceptors (Lipinski definition) is 2. The zero-order valence-electron chi connectivity index (χ0n) is 12.0. The van der Waals surface area contributed by atoms with E-state index >= 15 is 0 Å². The molecule has 0 radical (unpaired) electrons. The van der Waals surface area contributed by atoms with Crippen molar-refractivity contribution < 1.29 is 0 Å². The van der Waals surface area contributed by atoms with Crippen molar-refractivity contribution in [3.8, 4) is 0 Å². The Balaban J connectivity index is 2.06. The first-order chi connectivity index (χ1) is 9.24. The smallest absolute Gasteiger partial charge is 0.0391 e. The second kappa shape index (κ2) is 6.88. The minimum absolute atomic E-state index is 0.413. The number of nitrogens with one attached hydrogen (secondary N) is 1. The lowest BCUT2D eigenvalue weighted by atomic mass is 10.0. The molecule has 1 nitrogen and oxygen atoms in total. The molecule has 1 heterocycles. The molecule has 0 saturated heterocycles. The van der Waals surface area contributed by atoms with Crippen molar-refractivity contribution in [1.82, 2.24) is 5.32 Å². The predicted molar refractivity (Wildman–Crippen MR) is 84.7 cm³/mol. The van der Waals surface area contributed by atoms with Crippen LogP contribution in [0.5, 0.6) is 0 Å². The quantitative estimate of drug-likeness (QED) is 0.771. The molecule has 0 bridgehead atoms. The van der Waals surface area contributed by atoms with Crippen molar-refractivity contribution in [2.45, 2.75) is 45.7 Å². The zero-order valence-corrected chi connectivity index (χ0v) is 12.8. The Hall–Kier alpha value is -1.12. The maximum atomic E-state index is 3.73. The van der Waals surface area contributed by atoms with E-state index in [4.69, 9.17) is 0 Å². The summed E-state index contributed by atoms with van der Waals surface area (Å²) < 4.78 is 0. The Labute approximate surface area is 120 Å². The highest BCUT2D eigenvalue weighted by Gasteiger charge is 2.14. The van der Waals surface area contributed by atoms with E-state index in [1.165, 1.54) is 16.0 Å². The van der Waals surface area contributed by atoms with Gasteiger partial charge in [0.2, 0.25) is 0 Å². The molecule has 2 rings (SSSR count). The molecule has 1 unspecified atom stereocenters. The van der Waals surface area contributed by atoms with E-state index < -0.39 is 0 Å². The molecule has 102 valence electrons. The summed E-state index contributed by atoms with van der Waals surface area (Å²) in [6.07, 6.45) is 2.22. The van der Waals surface area contributed by atoms with Gasteiger partial charge in [-0.3, -0.25) is 0 Å². The van der Waals surface area contributed by atoms with Crippen molar-refractivity contribution >= 4 is 11.3 Å². The van der Waals surface area contributed by atoms with E-state index in [2.05, 4.69) is 67.9 Å². The summed E-state index contributed by atoms with van der Waals surface area (Å²) >= 11 is 1.82. The van der Waals surface area contributed by atoms with Crippen LogP contribution in [0.1, 0.15) is 55.3 Å². The van der Waals surface area contributed by atoms with Gasteiger partial charge in [-0.1, -0.05) is 44.2 Å². The van der Waals surface area contributed by atoms with E-state index in [9.17, 15) is 0 Å². The SMILES string of the molecule is CCc1ccc(C(CC)N[C@H](C)c2cccs2)cc1. The molecule has 1 aromatic carbocycles. The number of rotatable bonds is 6. The maximum absolute atomic E-state index is 3.73. The zero-order chi connectivity index (χ0) is 13.7. The topological polar surface area (TPSA) is 12.0 Å². The van der Waals surface area contributed by atoms with Gasteiger partial charge in [0, 0.05) is 17.0 Å². The molecule has 2 aromatic rings. The highest BCUT2D eigenvalue weighted by Crippen LogP contribution is 2.24. The number of aryl methyl sites for hydroxylation is 1. The van der Waals surface area contributed by atoms with E-state index in [0.29, 0.717) is 12.1 Å². The van der Waals surface area contributed by atoms with Crippen LogP contribution in [0, 0.1) is 0 Å². The van der Waals surface area contributed by atoms with Gasteiger partial charge in [-0.15, -0.1) is 11.3 Å². The van der Waals surface area contributed by atoms with Gasteiger partial charge in [-0.2, -0.15) is 0 Å². The Morgan fingerprint density at radius 2 is 1.84 bits per heavy atom. The average molecular weight is 273 g/mol. The molecule has 0 spiro atoms. The van der Waals surface area contributed by atoms with Crippen LogP contribution in [0.2, 0.25) is 0 Å². The molecule has 0 fully saturated rings. The van der Waals surface area contributed by atoms with Crippen molar-refractivity contribution in [3.05, 3.63) is 57.8 Å². The lowest BCUT2D eigenvalue weighted by Gasteiger charge is -2.22. The van der Waals surface area contributed by atoms with Gasteiger partial charge in [0.15, 0.2) is 0 Å². The summed E-state index contributed by atoms with van der Waals surface area (Å²) in [6, 6.07) is 14.2. The van der Waals surface area contributed by atoms with Crippen LogP contribution in [0.15, 0.2) is 41.8 Å². The fourth-order valence-electron chi connectivity index (χ4n) is 2.36. The van der Waals surface area contributed by atoms with Gasteiger partial charge in [0.1, 0.15) is 0 Å². The molecular formula is C17H23NS. The lowest BCUT2D eigenvalue weighted by molar-refractivity contribution is 0.460. The number of thiophene rings is 1. The molecule has 2 atom stereocenters. The van der Waals surface area contributed by atoms with E-state index in [-0.39, 0.29) is 0 Å². The third-order valence-corrected chi connectivity index (χ3v) is 4.67. The standard InChI is InChI=1S/C17H23NS/c1-4-14-8-10-15(11-9-14)16(5-2)18-13(3)17-7-6-12-19-17/h6-13,16,18H,4-5H2,1-3H3/t13-,16?/m1/s1. The summed E-state index contributed by atoms with van der Waals surface area (Å²) in [4.78, 5) is 1.41. The van der Waals surface area contributed by atoms with Crippen LogP contribution in [0.3, 0.4) is 0 Å². The summed E-state index contributed by atoms with van der Waals surface area (Å²) in [5, 5.41) is 5.88. The molecule has 0 saturated carbocycles. The van der Waals surface area contributed by atoms with Crippen LogP contribution in [-0.2, 0) is 6.42 Å². The van der Waals surface area contributed by atoms with Crippen LogP contribution in [-0.4, -0.2) is 0 Å². The summed E-state index contributed by atoms with van der Waals surface area (Å²) in [6.45, 7) is 6.69. The lowest BCUT2D eigenvalue weighted by Crippen LogP contribution is -2.23. The number of benzene rings is 1. The van der Waals surface area contributed by atoms with Gasteiger partial charge in [0.05, 0.1) is 0 Å². The van der Waals surface area contributed by atoms with Crippen molar-refractivity contribution in [2.75, 3.05) is 0 Å². The third kappa shape index (κ3) is 3.68. The van der Waals surface area contributed by atoms with Gasteiger partial charge >= 0.3 is 0 Å². The van der Waals surface area contributed by atoms with Gasteiger partial charge < -0.3 is 5.32 Å². The van der Waals surface area contributed by atoms with E-state index in [1.54, 1.807) is 0 Å². The van der Waals surface area contributed by atoms with Crippen molar-refractivity contribution in [2.24, 2.45) is 0 Å². The Bertz CT molecular complexity index is 472. The van der Waals surface area contributed by atoms with Crippen LogP contribution >= 0.6 is 11.3 Å². The van der Waals surface area contributed by atoms with Gasteiger partial charge in [-0.05, 0) is 42.3 Å². The fourth-order valence-corrected chi connectivity index (χ4v) is 3.10. The summed E-state index contributed by atoms with van der Waals surface area (Å²) in [5.41, 5.74) is 2.80. The monoisotopic (exact) mass is 273 g/mol. The molecule has 2 heteroatoms. The molecule has 0 aliphatic carbocycles.